The number of hydrogen-bond acceptors (Lipinski definition) is 2. The van der Waals surface area contributed by atoms with Crippen LogP contribution in [0.25, 0.3) is 0 Å². The molecular weight excluding hydrogens is 256 g/mol. The fraction of sp³-hybridized carbons (Fsp3) is 0.684. The summed E-state index contributed by atoms with van der Waals surface area (Å²) >= 11 is 0. The molecule has 0 amide bonds. The summed E-state index contributed by atoms with van der Waals surface area (Å²) in [5.74, 6) is 2.99. The molecule has 116 valence electrons. The van der Waals surface area contributed by atoms with E-state index in [0.717, 1.165) is 30.7 Å². The summed E-state index contributed by atoms with van der Waals surface area (Å²) in [5.41, 5.74) is 9.06. The predicted molar refractivity (Wildman–Crippen MR) is 89.2 cm³/mol. The van der Waals surface area contributed by atoms with Crippen molar-refractivity contribution in [3.63, 3.8) is 0 Å². The second kappa shape index (κ2) is 6.50. The van der Waals surface area contributed by atoms with Gasteiger partial charge in [-0.25, -0.2) is 0 Å². The molecule has 3 rings (SSSR count). The molecule has 2 aliphatic carbocycles. The third kappa shape index (κ3) is 3.49. The molecule has 0 heterocycles. The number of aryl methyl sites for hydroxylation is 1. The van der Waals surface area contributed by atoms with Crippen LogP contribution in [0.4, 0.5) is 0 Å². The van der Waals surface area contributed by atoms with Gasteiger partial charge in [-0.1, -0.05) is 37.6 Å². The lowest BCUT2D eigenvalue weighted by Gasteiger charge is -2.29. The van der Waals surface area contributed by atoms with Gasteiger partial charge in [-0.2, -0.15) is 0 Å². The molecule has 0 radical (unpaired) electrons. The van der Waals surface area contributed by atoms with Crippen molar-refractivity contribution in [2.75, 3.05) is 20.1 Å². The molecule has 2 N–H and O–H groups in total. The summed E-state index contributed by atoms with van der Waals surface area (Å²) in [6.45, 7) is 4.40. The summed E-state index contributed by atoms with van der Waals surface area (Å²) in [6, 6.07) is 8.97. The largest absolute Gasteiger partial charge is 0.323 e. The lowest BCUT2D eigenvalue weighted by Crippen LogP contribution is -2.34. The minimum atomic E-state index is 0.138. The van der Waals surface area contributed by atoms with E-state index in [4.69, 9.17) is 5.73 Å². The van der Waals surface area contributed by atoms with Crippen molar-refractivity contribution >= 4 is 0 Å². The summed E-state index contributed by atoms with van der Waals surface area (Å²) < 4.78 is 0. The highest BCUT2D eigenvalue weighted by Gasteiger charge is 2.39. The molecule has 2 fully saturated rings. The molecule has 21 heavy (non-hydrogen) atoms. The van der Waals surface area contributed by atoms with Gasteiger partial charge < -0.3 is 10.6 Å². The zero-order valence-corrected chi connectivity index (χ0v) is 13.6. The lowest BCUT2D eigenvalue weighted by atomic mass is 9.88. The van der Waals surface area contributed by atoms with Crippen molar-refractivity contribution in [2.24, 2.45) is 23.5 Å². The average molecular weight is 286 g/mol. The molecule has 2 saturated carbocycles. The molecule has 4 unspecified atom stereocenters. The van der Waals surface area contributed by atoms with Gasteiger partial charge in [0.1, 0.15) is 0 Å². The molecule has 0 aromatic heterocycles. The van der Waals surface area contributed by atoms with E-state index >= 15 is 0 Å². The van der Waals surface area contributed by atoms with E-state index < -0.39 is 0 Å². The van der Waals surface area contributed by atoms with Crippen LogP contribution >= 0.6 is 0 Å². The van der Waals surface area contributed by atoms with E-state index in [1.54, 1.807) is 0 Å². The van der Waals surface area contributed by atoms with Crippen LogP contribution < -0.4 is 5.73 Å². The second-order valence-electron chi connectivity index (χ2n) is 7.36. The lowest BCUT2D eigenvalue weighted by molar-refractivity contribution is 0.212. The number of rotatable bonds is 6. The van der Waals surface area contributed by atoms with Crippen LogP contribution in [0.15, 0.2) is 24.3 Å². The Kier molecular flexibility index (Phi) is 4.66. The number of nitrogens with two attached hydrogens (primary N) is 1. The topological polar surface area (TPSA) is 29.3 Å². The maximum Gasteiger partial charge on any atom is 0.0424 e. The summed E-state index contributed by atoms with van der Waals surface area (Å²) in [7, 11) is 2.24. The van der Waals surface area contributed by atoms with Crippen LogP contribution in [0.1, 0.15) is 49.8 Å². The standard InChI is InChI=1S/C19H30N2/c1-3-14-4-7-16(8-5-14)19(20)13-21(2)12-18-11-15-6-9-17(18)10-15/h4-5,7-8,15,17-19H,3,6,9-13,20H2,1-2H3. The van der Waals surface area contributed by atoms with Gasteiger partial charge in [0.2, 0.25) is 0 Å². The monoisotopic (exact) mass is 286 g/mol. The maximum atomic E-state index is 6.40. The number of nitrogens with zero attached hydrogens (tertiary/aromatic N) is 1. The quantitative estimate of drug-likeness (QED) is 0.865. The molecule has 0 saturated heterocycles. The summed E-state index contributed by atoms with van der Waals surface area (Å²) in [5, 5.41) is 0. The van der Waals surface area contributed by atoms with Gasteiger partial charge in [0.05, 0.1) is 0 Å². The highest BCUT2D eigenvalue weighted by molar-refractivity contribution is 5.25. The number of benzene rings is 1. The highest BCUT2D eigenvalue weighted by atomic mass is 15.1. The summed E-state index contributed by atoms with van der Waals surface area (Å²) in [6.07, 6.45) is 7.04. The van der Waals surface area contributed by atoms with E-state index in [1.807, 2.05) is 0 Å². The van der Waals surface area contributed by atoms with Gasteiger partial charge in [-0.15, -0.1) is 0 Å². The minimum absolute atomic E-state index is 0.138. The van der Waals surface area contributed by atoms with E-state index in [-0.39, 0.29) is 6.04 Å². The molecule has 4 atom stereocenters. The van der Waals surface area contributed by atoms with Crippen molar-refractivity contribution in [1.29, 1.82) is 0 Å². The van der Waals surface area contributed by atoms with Gasteiger partial charge in [0.15, 0.2) is 0 Å². The summed E-state index contributed by atoms with van der Waals surface area (Å²) in [4.78, 5) is 2.46. The van der Waals surface area contributed by atoms with E-state index in [9.17, 15) is 0 Å². The van der Waals surface area contributed by atoms with Gasteiger partial charge in [0.25, 0.3) is 0 Å². The normalized spacial score (nSPS) is 29.2. The number of fused-ring (bicyclic) bond motifs is 2. The molecule has 0 aliphatic heterocycles. The predicted octanol–water partition coefficient (Wildman–Crippen LogP) is 3.62. The fourth-order valence-corrected chi connectivity index (χ4v) is 4.52. The van der Waals surface area contributed by atoms with Crippen molar-refractivity contribution in [1.82, 2.24) is 4.90 Å². The first-order chi connectivity index (χ1) is 10.2. The molecule has 2 bridgehead atoms. The Morgan fingerprint density at radius 3 is 2.52 bits per heavy atom. The SMILES string of the molecule is CCc1ccc(C(N)CN(C)CC2CC3CCC2C3)cc1. The van der Waals surface area contributed by atoms with Crippen molar-refractivity contribution in [2.45, 2.75) is 45.1 Å². The first kappa shape index (κ1) is 15.1. The minimum Gasteiger partial charge on any atom is -0.323 e. The van der Waals surface area contributed by atoms with E-state index in [2.05, 4.69) is 43.1 Å². The number of likely N-dealkylation sites (N-methyl/N-ethyl adjacent to an activating group) is 1. The molecule has 2 aliphatic rings. The van der Waals surface area contributed by atoms with Gasteiger partial charge in [0, 0.05) is 19.1 Å². The fourth-order valence-electron chi connectivity index (χ4n) is 4.52. The van der Waals surface area contributed by atoms with Crippen LogP contribution in [-0.4, -0.2) is 25.0 Å². The van der Waals surface area contributed by atoms with Crippen LogP contribution in [0.2, 0.25) is 0 Å². The van der Waals surface area contributed by atoms with Crippen LogP contribution in [0.5, 0.6) is 0 Å². The molecular formula is C19H30N2. The van der Waals surface area contributed by atoms with Crippen LogP contribution in [0.3, 0.4) is 0 Å². The van der Waals surface area contributed by atoms with Crippen LogP contribution in [0, 0.1) is 17.8 Å². The molecule has 1 aromatic rings. The van der Waals surface area contributed by atoms with Gasteiger partial charge in [-0.05, 0) is 61.6 Å². The van der Waals surface area contributed by atoms with E-state index in [1.165, 1.54) is 43.4 Å². The Bertz CT molecular complexity index is 453. The Morgan fingerprint density at radius 1 is 1.19 bits per heavy atom. The Balaban J connectivity index is 1.50. The Morgan fingerprint density at radius 2 is 1.95 bits per heavy atom. The zero-order valence-electron chi connectivity index (χ0n) is 13.6. The third-order valence-electron chi connectivity index (χ3n) is 5.76. The van der Waals surface area contributed by atoms with E-state index in [0.29, 0.717) is 0 Å². The smallest absolute Gasteiger partial charge is 0.0424 e. The third-order valence-corrected chi connectivity index (χ3v) is 5.76. The van der Waals surface area contributed by atoms with Gasteiger partial charge in [-0.3, -0.25) is 0 Å². The Hall–Kier alpha value is -0.860. The van der Waals surface area contributed by atoms with Crippen molar-refractivity contribution in [3.05, 3.63) is 35.4 Å². The van der Waals surface area contributed by atoms with Crippen molar-refractivity contribution < 1.29 is 0 Å². The number of hydrogen-bond donors (Lipinski definition) is 1. The molecule has 0 spiro atoms. The van der Waals surface area contributed by atoms with Crippen molar-refractivity contribution in [3.8, 4) is 0 Å². The molecule has 2 heteroatoms. The zero-order chi connectivity index (χ0) is 14.8. The first-order valence-electron chi connectivity index (χ1n) is 8.68. The second-order valence-corrected chi connectivity index (χ2v) is 7.36. The maximum absolute atomic E-state index is 6.40. The van der Waals surface area contributed by atoms with Crippen LogP contribution in [-0.2, 0) is 6.42 Å². The first-order valence-corrected chi connectivity index (χ1v) is 8.68. The molecule has 2 nitrogen and oxygen atoms in total. The van der Waals surface area contributed by atoms with Gasteiger partial charge >= 0.3 is 0 Å². The molecule has 1 aromatic carbocycles. The highest BCUT2D eigenvalue weighted by Crippen LogP contribution is 2.48. The average Bonchev–Trinajstić information content (AvgIpc) is 3.09. The Labute approximate surface area is 129 Å².